The van der Waals surface area contributed by atoms with E-state index in [4.69, 9.17) is 5.26 Å². The van der Waals surface area contributed by atoms with Crippen LogP contribution in [0, 0.1) is 11.3 Å². The number of anilines is 1. The van der Waals surface area contributed by atoms with Crippen molar-refractivity contribution in [2.24, 2.45) is 0 Å². The first-order chi connectivity index (χ1) is 11.2. The van der Waals surface area contributed by atoms with Crippen LogP contribution < -0.4 is 5.32 Å². The topological polar surface area (TPSA) is 52.9 Å². The normalized spacial score (nSPS) is 10.2. The highest BCUT2D eigenvalue weighted by Gasteiger charge is 2.04. The molecule has 0 aliphatic heterocycles. The van der Waals surface area contributed by atoms with Crippen LogP contribution in [0.15, 0.2) is 71.6 Å². The second kappa shape index (κ2) is 6.99. The lowest BCUT2D eigenvalue weighted by molar-refractivity contribution is -0.113. The van der Waals surface area contributed by atoms with E-state index in [0.717, 1.165) is 4.90 Å². The van der Waals surface area contributed by atoms with Gasteiger partial charge in [0.1, 0.15) is 0 Å². The molecule has 3 nitrogen and oxygen atoms in total. The van der Waals surface area contributed by atoms with E-state index in [9.17, 15) is 4.79 Å². The van der Waals surface area contributed by atoms with Crippen LogP contribution in [0.2, 0.25) is 0 Å². The second-order valence-corrected chi connectivity index (χ2v) is 6.08. The molecule has 0 saturated heterocycles. The van der Waals surface area contributed by atoms with E-state index in [0.29, 0.717) is 17.0 Å². The van der Waals surface area contributed by atoms with E-state index in [1.807, 2.05) is 18.2 Å². The monoisotopic (exact) mass is 318 g/mol. The summed E-state index contributed by atoms with van der Waals surface area (Å²) in [5.41, 5.74) is 1.28. The number of carbonyl (C=O) groups is 1. The Morgan fingerprint density at radius 1 is 1.00 bits per heavy atom. The molecule has 0 bridgehead atoms. The molecule has 1 amide bonds. The molecule has 23 heavy (non-hydrogen) atoms. The molecule has 0 fully saturated rings. The quantitative estimate of drug-likeness (QED) is 0.723. The average Bonchev–Trinajstić information content (AvgIpc) is 2.60. The zero-order valence-corrected chi connectivity index (χ0v) is 13.1. The number of amides is 1. The molecule has 0 aliphatic carbocycles. The van der Waals surface area contributed by atoms with Gasteiger partial charge in [-0.3, -0.25) is 4.79 Å². The van der Waals surface area contributed by atoms with Crippen LogP contribution in [-0.2, 0) is 4.79 Å². The predicted molar refractivity (Wildman–Crippen MR) is 94.5 cm³/mol. The first-order valence-corrected chi connectivity index (χ1v) is 8.15. The van der Waals surface area contributed by atoms with Crippen LogP contribution in [0.4, 0.5) is 5.69 Å². The molecule has 0 spiro atoms. The fourth-order valence-electron chi connectivity index (χ4n) is 2.23. The maximum Gasteiger partial charge on any atom is 0.234 e. The molecule has 0 heterocycles. The molecular formula is C19H14N2OS. The number of thioether (sulfide) groups is 1. The summed E-state index contributed by atoms with van der Waals surface area (Å²) in [6.45, 7) is 0. The predicted octanol–water partition coefficient (Wildman–Crippen LogP) is 4.44. The van der Waals surface area contributed by atoms with Crippen molar-refractivity contribution in [3.8, 4) is 6.07 Å². The molecule has 3 aromatic carbocycles. The van der Waals surface area contributed by atoms with E-state index in [-0.39, 0.29) is 5.91 Å². The summed E-state index contributed by atoms with van der Waals surface area (Å²) in [6.07, 6.45) is 0. The molecule has 3 aromatic rings. The van der Waals surface area contributed by atoms with Crippen LogP contribution in [0.3, 0.4) is 0 Å². The smallest absolute Gasteiger partial charge is 0.234 e. The van der Waals surface area contributed by atoms with Crippen molar-refractivity contribution in [3.05, 3.63) is 72.3 Å². The molecule has 1 N–H and O–H groups in total. The Morgan fingerprint density at radius 3 is 2.48 bits per heavy atom. The molecule has 0 aliphatic rings. The number of hydrogen-bond acceptors (Lipinski definition) is 3. The van der Waals surface area contributed by atoms with Crippen molar-refractivity contribution in [1.82, 2.24) is 0 Å². The largest absolute Gasteiger partial charge is 0.325 e. The van der Waals surface area contributed by atoms with Crippen LogP contribution in [-0.4, -0.2) is 11.7 Å². The zero-order valence-electron chi connectivity index (χ0n) is 12.3. The van der Waals surface area contributed by atoms with Crippen molar-refractivity contribution in [1.29, 1.82) is 5.26 Å². The number of fused-ring (bicyclic) bond motifs is 1. The van der Waals surface area contributed by atoms with Gasteiger partial charge >= 0.3 is 0 Å². The zero-order chi connectivity index (χ0) is 16.1. The van der Waals surface area contributed by atoms with Crippen LogP contribution in [0.5, 0.6) is 0 Å². The third kappa shape index (κ3) is 3.91. The fraction of sp³-hybridized carbons (Fsp3) is 0.0526. The highest BCUT2D eigenvalue weighted by Crippen LogP contribution is 2.23. The Hall–Kier alpha value is -2.77. The number of carbonyl (C=O) groups excluding carboxylic acids is 1. The van der Waals surface area contributed by atoms with Crippen molar-refractivity contribution in [3.63, 3.8) is 0 Å². The molecule has 0 aromatic heterocycles. The van der Waals surface area contributed by atoms with Gasteiger partial charge in [-0.05, 0) is 47.2 Å². The third-order valence-electron chi connectivity index (χ3n) is 3.39. The minimum absolute atomic E-state index is 0.0622. The molecule has 3 rings (SSSR count). The Kier molecular flexibility index (Phi) is 4.60. The lowest BCUT2D eigenvalue weighted by Crippen LogP contribution is -2.13. The van der Waals surface area contributed by atoms with E-state index in [1.165, 1.54) is 22.5 Å². The Morgan fingerprint density at radius 2 is 1.74 bits per heavy atom. The minimum Gasteiger partial charge on any atom is -0.325 e. The Balaban J connectivity index is 1.60. The molecule has 112 valence electrons. The van der Waals surface area contributed by atoms with Crippen LogP contribution >= 0.6 is 11.8 Å². The van der Waals surface area contributed by atoms with Gasteiger partial charge in [-0.1, -0.05) is 30.3 Å². The van der Waals surface area contributed by atoms with Gasteiger partial charge in [-0.2, -0.15) is 5.26 Å². The maximum atomic E-state index is 12.0. The number of nitrogens with zero attached hydrogens (tertiary/aromatic N) is 1. The first kappa shape index (κ1) is 15.1. The first-order valence-electron chi connectivity index (χ1n) is 7.16. The number of nitriles is 1. The van der Waals surface area contributed by atoms with Gasteiger partial charge in [0, 0.05) is 10.6 Å². The number of rotatable bonds is 4. The van der Waals surface area contributed by atoms with Crippen molar-refractivity contribution >= 4 is 34.1 Å². The summed E-state index contributed by atoms with van der Waals surface area (Å²) in [7, 11) is 0. The Bertz CT molecular complexity index is 882. The van der Waals surface area contributed by atoms with E-state index < -0.39 is 0 Å². The third-order valence-corrected chi connectivity index (χ3v) is 4.38. The summed E-state index contributed by atoms with van der Waals surface area (Å²) in [5.74, 6) is 0.283. The van der Waals surface area contributed by atoms with Gasteiger partial charge < -0.3 is 5.32 Å². The summed E-state index contributed by atoms with van der Waals surface area (Å²) in [5, 5.41) is 14.0. The molecule has 0 saturated carbocycles. The van der Waals surface area contributed by atoms with E-state index in [2.05, 4.69) is 35.7 Å². The summed E-state index contributed by atoms with van der Waals surface area (Å²) < 4.78 is 0. The number of benzene rings is 3. The van der Waals surface area contributed by atoms with Crippen LogP contribution in [0.1, 0.15) is 5.56 Å². The SMILES string of the molecule is N#Cc1ccc(NC(=O)CSc2ccc3ccccc3c2)cc1. The summed E-state index contributed by atoms with van der Waals surface area (Å²) in [4.78, 5) is 13.1. The number of hydrogen-bond donors (Lipinski definition) is 1. The average molecular weight is 318 g/mol. The van der Waals surface area contributed by atoms with E-state index >= 15 is 0 Å². The standard InChI is InChI=1S/C19H14N2OS/c20-12-14-5-8-17(9-6-14)21-19(22)13-23-18-10-7-15-3-1-2-4-16(15)11-18/h1-11H,13H2,(H,21,22). The maximum absolute atomic E-state index is 12.0. The van der Waals surface area contributed by atoms with Crippen molar-refractivity contribution in [2.45, 2.75) is 4.90 Å². The van der Waals surface area contributed by atoms with E-state index in [1.54, 1.807) is 24.3 Å². The van der Waals surface area contributed by atoms with Crippen LogP contribution in [0.25, 0.3) is 10.8 Å². The highest BCUT2D eigenvalue weighted by atomic mass is 32.2. The fourth-order valence-corrected chi connectivity index (χ4v) is 2.98. The van der Waals surface area contributed by atoms with Crippen molar-refractivity contribution in [2.75, 3.05) is 11.1 Å². The van der Waals surface area contributed by atoms with Gasteiger partial charge in [-0.15, -0.1) is 11.8 Å². The molecule has 4 heteroatoms. The van der Waals surface area contributed by atoms with Gasteiger partial charge in [-0.25, -0.2) is 0 Å². The van der Waals surface area contributed by atoms with Crippen molar-refractivity contribution < 1.29 is 4.79 Å². The molecule has 0 atom stereocenters. The molecular weight excluding hydrogens is 304 g/mol. The van der Waals surface area contributed by atoms with Gasteiger partial charge in [0.15, 0.2) is 0 Å². The Labute approximate surface area is 138 Å². The van der Waals surface area contributed by atoms with Gasteiger partial charge in [0.2, 0.25) is 5.91 Å². The van der Waals surface area contributed by atoms with Gasteiger partial charge in [0.25, 0.3) is 0 Å². The number of nitrogens with one attached hydrogen (secondary N) is 1. The summed E-state index contributed by atoms with van der Waals surface area (Å²) >= 11 is 1.51. The molecule has 0 radical (unpaired) electrons. The second-order valence-electron chi connectivity index (χ2n) is 5.03. The lowest BCUT2D eigenvalue weighted by atomic mass is 10.1. The highest BCUT2D eigenvalue weighted by molar-refractivity contribution is 8.00. The summed E-state index contributed by atoms with van der Waals surface area (Å²) in [6, 6.07) is 23.2. The minimum atomic E-state index is -0.0622. The van der Waals surface area contributed by atoms with Gasteiger partial charge in [0.05, 0.1) is 17.4 Å². The lowest BCUT2D eigenvalue weighted by Gasteiger charge is -2.06. The molecule has 0 unspecified atom stereocenters.